The Hall–Kier alpha value is -2.53. The largest absolute Gasteiger partial charge is 0.496 e. The molecule has 0 fully saturated rings. The van der Waals surface area contributed by atoms with Crippen LogP contribution in [0.5, 0.6) is 5.75 Å². The van der Waals surface area contributed by atoms with Crippen molar-refractivity contribution in [2.75, 3.05) is 20.8 Å². The molecule has 0 atom stereocenters. The fourth-order valence-corrected chi connectivity index (χ4v) is 2.91. The number of hydrogen-bond acceptors (Lipinski definition) is 4. The van der Waals surface area contributed by atoms with E-state index in [1.807, 2.05) is 26.0 Å². The molecule has 2 aromatic carbocycles. The zero-order valence-corrected chi connectivity index (χ0v) is 16.8. The minimum atomic E-state index is -0.510. The van der Waals surface area contributed by atoms with Gasteiger partial charge < -0.3 is 14.4 Å². The molecule has 0 radical (unpaired) electrons. The lowest BCUT2D eigenvalue weighted by Gasteiger charge is -2.19. The molecule has 27 heavy (non-hydrogen) atoms. The quantitative estimate of drug-likeness (QED) is 0.677. The molecule has 0 heterocycles. The van der Waals surface area contributed by atoms with E-state index in [4.69, 9.17) is 21.1 Å². The van der Waals surface area contributed by atoms with E-state index < -0.39 is 5.97 Å². The molecule has 0 N–H and O–H groups in total. The minimum Gasteiger partial charge on any atom is -0.496 e. The first-order chi connectivity index (χ1) is 12.8. The van der Waals surface area contributed by atoms with E-state index in [1.54, 1.807) is 30.1 Å². The molecule has 6 heteroatoms. The van der Waals surface area contributed by atoms with Gasteiger partial charge in [0.05, 0.1) is 13.5 Å². The zero-order chi connectivity index (χ0) is 20.0. The summed E-state index contributed by atoms with van der Waals surface area (Å²) in [6, 6.07) is 11.1. The Morgan fingerprint density at radius 3 is 2.48 bits per heavy atom. The molecule has 0 unspecified atom stereocenters. The monoisotopic (exact) mass is 389 g/mol. The molecule has 1 amide bonds. The van der Waals surface area contributed by atoms with Crippen molar-refractivity contribution >= 4 is 23.5 Å². The first kappa shape index (κ1) is 20.8. The molecule has 0 aliphatic carbocycles. The number of aryl methyl sites for hydroxylation is 2. The standard InChI is InChI=1S/C21H24ClNO4/c1-14-5-6-16(15(2)9-14)12-23(3)20(24)13-27-21(25)11-17-10-18(22)7-8-19(17)26-4/h5-10H,11-13H2,1-4H3. The van der Waals surface area contributed by atoms with Gasteiger partial charge in [-0.3, -0.25) is 9.59 Å². The third-order valence-electron chi connectivity index (χ3n) is 4.27. The number of likely N-dealkylation sites (N-methyl/N-ethyl adjacent to an activating group) is 1. The van der Waals surface area contributed by atoms with Gasteiger partial charge >= 0.3 is 5.97 Å². The molecule has 2 aromatic rings. The van der Waals surface area contributed by atoms with Gasteiger partial charge in [0, 0.05) is 24.2 Å². The van der Waals surface area contributed by atoms with Crippen LogP contribution in [0.2, 0.25) is 5.02 Å². The van der Waals surface area contributed by atoms with Crippen molar-refractivity contribution < 1.29 is 19.1 Å². The molecule has 0 bridgehead atoms. The van der Waals surface area contributed by atoms with Crippen molar-refractivity contribution in [3.05, 3.63) is 63.7 Å². The number of methoxy groups -OCH3 is 1. The van der Waals surface area contributed by atoms with Crippen molar-refractivity contribution in [3.63, 3.8) is 0 Å². The number of halogens is 1. The third-order valence-corrected chi connectivity index (χ3v) is 4.50. The van der Waals surface area contributed by atoms with Gasteiger partial charge in [-0.05, 0) is 43.2 Å². The third kappa shape index (κ3) is 6.00. The van der Waals surface area contributed by atoms with E-state index in [9.17, 15) is 9.59 Å². The average molecular weight is 390 g/mol. The van der Waals surface area contributed by atoms with Gasteiger partial charge in [0.2, 0.25) is 0 Å². The smallest absolute Gasteiger partial charge is 0.310 e. The Labute approximate surface area is 164 Å². The number of amides is 1. The Kier molecular flexibility index (Phi) is 7.25. The van der Waals surface area contributed by atoms with Gasteiger partial charge in [0.15, 0.2) is 6.61 Å². The fraction of sp³-hybridized carbons (Fsp3) is 0.333. The summed E-state index contributed by atoms with van der Waals surface area (Å²) in [6.07, 6.45) is -0.0161. The average Bonchev–Trinajstić information content (AvgIpc) is 2.62. The number of esters is 1. The van der Waals surface area contributed by atoms with E-state index in [1.165, 1.54) is 12.7 Å². The molecule has 0 saturated heterocycles. The van der Waals surface area contributed by atoms with Gasteiger partial charge in [-0.2, -0.15) is 0 Å². The van der Waals surface area contributed by atoms with Crippen LogP contribution in [0.25, 0.3) is 0 Å². The second-order valence-corrected chi connectivity index (χ2v) is 6.91. The van der Waals surface area contributed by atoms with Gasteiger partial charge in [-0.1, -0.05) is 35.4 Å². The van der Waals surface area contributed by atoms with Gasteiger partial charge in [-0.25, -0.2) is 0 Å². The number of rotatable bonds is 7. The summed E-state index contributed by atoms with van der Waals surface area (Å²) in [4.78, 5) is 25.9. The molecular weight excluding hydrogens is 366 g/mol. The molecule has 0 aliphatic heterocycles. The fourth-order valence-electron chi connectivity index (χ4n) is 2.71. The predicted molar refractivity (Wildman–Crippen MR) is 105 cm³/mol. The van der Waals surface area contributed by atoms with Crippen molar-refractivity contribution in [1.82, 2.24) is 4.90 Å². The highest BCUT2D eigenvalue weighted by Crippen LogP contribution is 2.23. The normalized spacial score (nSPS) is 10.4. The maximum Gasteiger partial charge on any atom is 0.310 e. The predicted octanol–water partition coefficient (Wildman–Crippen LogP) is 3.71. The second-order valence-electron chi connectivity index (χ2n) is 6.47. The van der Waals surface area contributed by atoms with Crippen LogP contribution in [0.1, 0.15) is 22.3 Å². The summed E-state index contributed by atoms with van der Waals surface area (Å²) in [5.74, 6) is -0.222. The van der Waals surface area contributed by atoms with Crippen molar-refractivity contribution in [2.45, 2.75) is 26.8 Å². The summed E-state index contributed by atoms with van der Waals surface area (Å²) in [5, 5.41) is 0.503. The van der Waals surface area contributed by atoms with Crippen molar-refractivity contribution in [3.8, 4) is 5.75 Å². The van der Waals surface area contributed by atoms with Crippen molar-refractivity contribution in [1.29, 1.82) is 0 Å². The lowest BCUT2D eigenvalue weighted by molar-refractivity contribution is -0.151. The molecule has 0 spiro atoms. The molecular formula is C21H24ClNO4. The van der Waals surface area contributed by atoms with Crippen LogP contribution in [0.15, 0.2) is 36.4 Å². The highest BCUT2D eigenvalue weighted by molar-refractivity contribution is 6.30. The molecule has 0 saturated carbocycles. The number of carbonyl (C=O) groups is 2. The van der Waals surface area contributed by atoms with E-state index in [2.05, 4.69) is 6.07 Å². The highest BCUT2D eigenvalue weighted by atomic mass is 35.5. The molecule has 144 valence electrons. The maximum atomic E-state index is 12.3. The highest BCUT2D eigenvalue weighted by Gasteiger charge is 2.15. The lowest BCUT2D eigenvalue weighted by Crippen LogP contribution is -2.31. The first-order valence-corrected chi connectivity index (χ1v) is 8.96. The lowest BCUT2D eigenvalue weighted by atomic mass is 10.1. The Bertz CT molecular complexity index is 835. The van der Waals surface area contributed by atoms with Crippen LogP contribution < -0.4 is 4.74 Å². The second kappa shape index (κ2) is 9.42. The van der Waals surface area contributed by atoms with Crippen molar-refractivity contribution in [2.24, 2.45) is 0 Å². The van der Waals surface area contributed by atoms with Crippen LogP contribution in [-0.4, -0.2) is 37.5 Å². The summed E-state index contributed by atoms with van der Waals surface area (Å²) in [6.45, 7) is 4.20. The van der Waals surface area contributed by atoms with E-state index in [0.29, 0.717) is 22.9 Å². The summed E-state index contributed by atoms with van der Waals surface area (Å²) in [5.41, 5.74) is 3.98. The molecule has 2 rings (SSSR count). The molecule has 5 nitrogen and oxygen atoms in total. The van der Waals surface area contributed by atoms with Crippen LogP contribution in [-0.2, 0) is 27.3 Å². The number of nitrogens with zero attached hydrogens (tertiary/aromatic N) is 1. The topological polar surface area (TPSA) is 55.8 Å². The molecule has 0 aliphatic rings. The van der Waals surface area contributed by atoms with E-state index in [-0.39, 0.29) is 18.9 Å². The van der Waals surface area contributed by atoms with Crippen LogP contribution in [0.3, 0.4) is 0 Å². The maximum absolute atomic E-state index is 12.3. The Morgan fingerprint density at radius 1 is 1.07 bits per heavy atom. The number of ether oxygens (including phenoxy) is 2. The Balaban J connectivity index is 1.89. The SMILES string of the molecule is COc1ccc(Cl)cc1CC(=O)OCC(=O)N(C)Cc1ccc(C)cc1C. The van der Waals surface area contributed by atoms with Gasteiger partial charge in [-0.15, -0.1) is 0 Å². The number of carbonyl (C=O) groups excluding carboxylic acids is 2. The van der Waals surface area contributed by atoms with Crippen LogP contribution in [0.4, 0.5) is 0 Å². The van der Waals surface area contributed by atoms with E-state index in [0.717, 1.165) is 11.1 Å². The number of benzene rings is 2. The summed E-state index contributed by atoms with van der Waals surface area (Å²) in [7, 11) is 3.21. The van der Waals surface area contributed by atoms with Gasteiger partial charge in [0.25, 0.3) is 5.91 Å². The summed E-state index contributed by atoms with van der Waals surface area (Å²) < 4.78 is 10.3. The first-order valence-electron chi connectivity index (χ1n) is 8.58. The zero-order valence-electron chi connectivity index (χ0n) is 16.0. The van der Waals surface area contributed by atoms with Gasteiger partial charge in [0.1, 0.15) is 5.75 Å². The number of hydrogen-bond donors (Lipinski definition) is 0. The Morgan fingerprint density at radius 2 is 1.81 bits per heavy atom. The van der Waals surface area contributed by atoms with Crippen LogP contribution in [0, 0.1) is 13.8 Å². The van der Waals surface area contributed by atoms with Crippen LogP contribution >= 0.6 is 11.6 Å². The minimum absolute atomic E-state index is 0.0161. The summed E-state index contributed by atoms with van der Waals surface area (Å²) >= 11 is 5.96. The van der Waals surface area contributed by atoms with E-state index >= 15 is 0 Å². The molecule has 0 aromatic heterocycles.